The van der Waals surface area contributed by atoms with Crippen LogP contribution in [0.2, 0.25) is 0 Å². The molecule has 11 aromatic rings. The third kappa shape index (κ3) is 4.79. The molecule has 0 aliphatic rings. The zero-order chi connectivity index (χ0) is 35.6. The summed E-state index contributed by atoms with van der Waals surface area (Å²) in [5.74, 6) is 0.905. The van der Waals surface area contributed by atoms with Crippen molar-refractivity contribution in [3.8, 4) is 44.9 Å². The van der Waals surface area contributed by atoms with Gasteiger partial charge in [-0.25, -0.2) is 4.98 Å². The molecule has 3 aromatic heterocycles. The van der Waals surface area contributed by atoms with Crippen LogP contribution in [0.4, 0.5) is 0 Å². The summed E-state index contributed by atoms with van der Waals surface area (Å²) in [5, 5.41) is 6.05. The summed E-state index contributed by atoms with van der Waals surface area (Å²) in [6, 6.07) is 72.0. The van der Waals surface area contributed by atoms with Crippen LogP contribution in [0.5, 0.6) is 0 Å². The Bertz CT molecular complexity index is 3190. The summed E-state index contributed by atoms with van der Waals surface area (Å²) in [4.78, 5) is 5.37. The second-order valence-corrected chi connectivity index (χ2v) is 14.0. The molecule has 0 spiro atoms. The van der Waals surface area contributed by atoms with E-state index in [4.69, 9.17) is 4.98 Å². The van der Waals surface area contributed by atoms with Crippen LogP contribution in [0, 0.1) is 0 Å². The Labute approximate surface area is 312 Å². The number of para-hydroxylation sites is 3. The van der Waals surface area contributed by atoms with Crippen LogP contribution in [0.1, 0.15) is 0 Å². The predicted molar refractivity (Wildman–Crippen MR) is 227 cm³/mol. The lowest BCUT2D eigenvalue weighted by atomic mass is 9.97. The van der Waals surface area contributed by atoms with Crippen molar-refractivity contribution in [2.45, 2.75) is 0 Å². The zero-order valence-corrected chi connectivity index (χ0v) is 29.4. The molecular weight excluding hydrogens is 655 g/mol. The van der Waals surface area contributed by atoms with Gasteiger partial charge in [-0.15, -0.1) is 0 Å². The zero-order valence-electron chi connectivity index (χ0n) is 29.4. The summed E-state index contributed by atoms with van der Waals surface area (Å²) in [7, 11) is 0. The van der Waals surface area contributed by atoms with Crippen LogP contribution in [0.15, 0.2) is 200 Å². The fourth-order valence-electron chi connectivity index (χ4n) is 8.40. The number of pyridine rings is 1. The lowest BCUT2D eigenvalue weighted by Crippen LogP contribution is -1.99. The van der Waals surface area contributed by atoms with Gasteiger partial charge < -0.3 is 4.57 Å². The van der Waals surface area contributed by atoms with Crippen molar-refractivity contribution in [3.05, 3.63) is 200 Å². The van der Waals surface area contributed by atoms with Crippen LogP contribution in [0.3, 0.4) is 0 Å². The van der Waals surface area contributed by atoms with Gasteiger partial charge >= 0.3 is 0 Å². The van der Waals surface area contributed by atoms with Gasteiger partial charge in [0, 0.05) is 32.6 Å². The van der Waals surface area contributed by atoms with E-state index in [1.165, 1.54) is 71.6 Å². The first-order chi connectivity index (χ1) is 26.8. The first kappa shape index (κ1) is 30.4. The topological polar surface area (TPSA) is 22.8 Å². The average Bonchev–Trinajstić information content (AvgIpc) is 3.76. The fraction of sp³-hybridized carbons (Fsp3) is 0. The summed E-state index contributed by atoms with van der Waals surface area (Å²) in [6.45, 7) is 0. The van der Waals surface area contributed by atoms with Crippen LogP contribution in [-0.2, 0) is 0 Å². The van der Waals surface area contributed by atoms with Gasteiger partial charge in [-0.3, -0.25) is 4.57 Å². The molecule has 11 rings (SSSR count). The molecule has 0 saturated carbocycles. The number of fused-ring (bicyclic) bond motifs is 7. The molecule has 0 aliphatic heterocycles. The minimum absolute atomic E-state index is 0.905. The lowest BCUT2D eigenvalue weighted by molar-refractivity contribution is 1.10. The second kappa shape index (κ2) is 12.2. The van der Waals surface area contributed by atoms with Crippen molar-refractivity contribution in [2.75, 3.05) is 0 Å². The van der Waals surface area contributed by atoms with Crippen molar-refractivity contribution in [1.29, 1.82) is 0 Å². The minimum atomic E-state index is 0.905. The number of aromatic nitrogens is 3. The van der Waals surface area contributed by atoms with Gasteiger partial charge in [0.05, 0.1) is 27.6 Å². The van der Waals surface area contributed by atoms with Gasteiger partial charge in [-0.1, -0.05) is 133 Å². The average molecular weight is 688 g/mol. The smallest absolute Gasteiger partial charge is 0.138 e. The summed E-state index contributed by atoms with van der Waals surface area (Å²) in [6.07, 6.45) is 0. The lowest BCUT2D eigenvalue weighted by Gasteiger charge is -2.14. The largest absolute Gasteiger partial charge is 0.309 e. The third-order valence-corrected chi connectivity index (χ3v) is 10.9. The van der Waals surface area contributed by atoms with Crippen molar-refractivity contribution in [1.82, 2.24) is 14.1 Å². The molecule has 252 valence electrons. The first-order valence-electron chi connectivity index (χ1n) is 18.5. The number of benzene rings is 8. The Hall–Kier alpha value is -7.23. The van der Waals surface area contributed by atoms with Gasteiger partial charge in [-0.05, 0) is 100 Å². The maximum atomic E-state index is 5.37. The quantitative estimate of drug-likeness (QED) is 0.177. The van der Waals surface area contributed by atoms with Crippen LogP contribution < -0.4 is 0 Å². The Morgan fingerprint density at radius 2 is 0.759 bits per heavy atom. The van der Waals surface area contributed by atoms with E-state index < -0.39 is 0 Å². The maximum Gasteiger partial charge on any atom is 0.138 e. The van der Waals surface area contributed by atoms with Gasteiger partial charge in [-0.2, -0.15) is 0 Å². The van der Waals surface area contributed by atoms with Crippen molar-refractivity contribution in [3.63, 3.8) is 0 Å². The number of hydrogen-bond acceptors (Lipinski definition) is 1. The van der Waals surface area contributed by atoms with E-state index in [0.717, 1.165) is 27.8 Å². The van der Waals surface area contributed by atoms with Gasteiger partial charge in [0.15, 0.2) is 0 Å². The van der Waals surface area contributed by atoms with Crippen molar-refractivity contribution in [2.24, 2.45) is 0 Å². The highest BCUT2D eigenvalue weighted by molar-refractivity contribution is 6.13. The van der Waals surface area contributed by atoms with E-state index in [1.54, 1.807) is 0 Å². The van der Waals surface area contributed by atoms with E-state index >= 15 is 0 Å². The molecule has 3 heteroatoms. The van der Waals surface area contributed by atoms with Gasteiger partial charge in [0.1, 0.15) is 5.82 Å². The molecule has 54 heavy (non-hydrogen) atoms. The predicted octanol–water partition coefficient (Wildman–Crippen LogP) is 13.4. The molecule has 0 amide bonds. The standard InChI is InChI=1S/C51H33N3/c1-4-14-34(15-5-1)36-24-27-46-43(30-36)42(35-16-6-2-7-17-35)33-51(52-46)54-48-23-13-11-21-41(48)45-32-38(26-29-50(45)54)37-25-28-49-44(31-37)40-20-10-12-22-47(40)53(49)39-18-8-3-9-19-39/h1-33H. The summed E-state index contributed by atoms with van der Waals surface area (Å²) < 4.78 is 4.70. The van der Waals surface area contributed by atoms with E-state index in [-0.39, 0.29) is 0 Å². The van der Waals surface area contributed by atoms with Crippen LogP contribution in [0.25, 0.3) is 99.4 Å². The minimum Gasteiger partial charge on any atom is -0.309 e. The molecule has 0 N–H and O–H groups in total. The highest BCUT2D eigenvalue weighted by atomic mass is 15.1. The molecule has 0 fully saturated rings. The van der Waals surface area contributed by atoms with Crippen molar-refractivity contribution >= 4 is 54.5 Å². The molecule has 3 nitrogen and oxygen atoms in total. The molecular formula is C51H33N3. The number of hydrogen-bond donors (Lipinski definition) is 0. The van der Waals surface area contributed by atoms with E-state index in [0.29, 0.717) is 0 Å². The summed E-state index contributed by atoms with van der Waals surface area (Å²) in [5.41, 5.74) is 13.9. The molecule has 0 atom stereocenters. The SMILES string of the molecule is c1ccc(-c2ccc3nc(-n4c5ccccc5c5cc(-c6ccc7c(c6)c6ccccc6n7-c6ccccc6)ccc54)cc(-c4ccccc4)c3c2)cc1. The highest BCUT2D eigenvalue weighted by Crippen LogP contribution is 2.40. The molecule has 0 saturated heterocycles. The van der Waals surface area contributed by atoms with E-state index in [1.807, 2.05) is 0 Å². The number of nitrogens with zero attached hydrogens (tertiary/aromatic N) is 3. The van der Waals surface area contributed by atoms with Crippen LogP contribution in [-0.4, -0.2) is 14.1 Å². The number of rotatable bonds is 5. The molecule has 3 heterocycles. The molecule has 0 bridgehead atoms. The van der Waals surface area contributed by atoms with Gasteiger partial charge in [0.2, 0.25) is 0 Å². The van der Waals surface area contributed by atoms with Crippen LogP contribution >= 0.6 is 0 Å². The Kier molecular flexibility index (Phi) is 6.86. The first-order valence-corrected chi connectivity index (χ1v) is 18.5. The maximum absolute atomic E-state index is 5.37. The van der Waals surface area contributed by atoms with E-state index in [9.17, 15) is 0 Å². The molecule has 0 unspecified atom stereocenters. The van der Waals surface area contributed by atoms with Gasteiger partial charge in [0.25, 0.3) is 0 Å². The molecule has 8 aromatic carbocycles. The third-order valence-electron chi connectivity index (χ3n) is 10.9. The van der Waals surface area contributed by atoms with E-state index in [2.05, 4.69) is 209 Å². The Morgan fingerprint density at radius 1 is 0.296 bits per heavy atom. The molecule has 0 radical (unpaired) electrons. The summed E-state index contributed by atoms with van der Waals surface area (Å²) >= 11 is 0. The monoisotopic (exact) mass is 687 g/mol. The molecule has 0 aliphatic carbocycles. The van der Waals surface area contributed by atoms with Crippen molar-refractivity contribution < 1.29 is 0 Å². The second-order valence-electron chi connectivity index (χ2n) is 14.0. The normalized spacial score (nSPS) is 11.7. The fourth-order valence-corrected chi connectivity index (χ4v) is 8.40. The highest BCUT2D eigenvalue weighted by Gasteiger charge is 2.18. The Morgan fingerprint density at radius 3 is 1.41 bits per heavy atom. The Balaban J connectivity index is 1.10.